The predicted molar refractivity (Wildman–Crippen MR) is 116 cm³/mol. The summed E-state index contributed by atoms with van der Waals surface area (Å²) in [5.74, 6) is -0.200. The summed E-state index contributed by atoms with van der Waals surface area (Å²) in [5.41, 5.74) is 4.44. The van der Waals surface area contributed by atoms with Crippen molar-refractivity contribution < 1.29 is 14.3 Å². The van der Waals surface area contributed by atoms with Gasteiger partial charge in [-0.05, 0) is 25.5 Å². The Kier molecular flexibility index (Phi) is 5.96. The lowest BCUT2D eigenvalue weighted by molar-refractivity contribution is 0.0907. The molecule has 2 N–H and O–H groups in total. The smallest absolute Gasteiger partial charge is 0.255 e. The van der Waals surface area contributed by atoms with E-state index in [9.17, 15) is 4.79 Å². The molecule has 8 heteroatoms. The lowest BCUT2D eigenvalue weighted by atomic mass is 10.1. The number of benzene rings is 1. The number of methoxy groups -OCH3 is 2. The number of nitrogens with zero attached hydrogens (tertiary/aromatic N) is 3. The summed E-state index contributed by atoms with van der Waals surface area (Å²) in [6.45, 7) is 4.19. The number of nitrogens with one attached hydrogen (secondary N) is 2. The minimum absolute atomic E-state index is 0.100. The molecule has 158 valence electrons. The Morgan fingerprint density at radius 3 is 3.03 bits per heavy atom. The molecule has 0 saturated carbocycles. The van der Waals surface area contributed by atoms with E-state index >= 15 is 0 Å². The monoisotopic (exact) mass is 409 g/mol. The number of carbonyl (C=O) groups excluding carboxylic acids is 1. The molecule has 1 aliphatic rings. The molecule has 3 heterocycles. The second kappa shape index (κ2) is 8.81. The number of anilines is 1. The van der Waals surface area contributed by atoms with Crippen molar-refractivity contribution >= 4 is 22.8 Å². The van der Waals surface area contributed by atoms with Crippen molar-refractivity contribution in [2.24, 2.45) is 0 Å². The van der Waals surface area contributed by atoms with Gasteiger partial charge < -0.3 is 24.7 Å². The van der Waals surface area contributed by atoms with Crippen molar-refractivity contribution in [1.29, 1.82) is 0 Å². The SMILES string of the molecule is COCC(C)NC(=O)c1c[nH]c2ncc(-c3cccc(N4CC[C@H](OC)C4)c3)nc12. The number of fused-ring (bicyclic) bond motifs is 1. The highest BCUT2D eigenvalue weighted by molar-refractivity contribution is 6.04. The quantitative estimate of drug-likeness (QED) is 0.623. The van der Waals surface area contributed by atoms with Crippen LogP contribution in [-0.4, -0.2) is 66.9 Å². The number of ether oxygens (including phenoxy) is 2. The molecule has 1 saturated heterocycles. The second-order valence-electron chi connectivity index (χ2n) is 7.63. The van der Waals surface area contributed by atoms with Gasteiger partial charge >= 0.3 is 0 Å². The largest absolute Gasteiger partial charge is 0.383 e. The fourth-order valence-corrected chi connectivity index (χ4v) is 3.81. The molecular weight excluding hydrogens is 382 g/mol. The van der Waals surface area contributed by atoms with Gasteiger partial charge in [0.2, 0.25) is 0 Å². The van der Waals surface area contributed by atoms with Gasteiger partial charge in [-0.1, -0.05) is 12.1 Å². The summed E-state index contributed by atoms with van der Waals surface area (Å²) in [6, 6.07) is 8.14. The van der Waals surface area contributed by atoms with Gasteiger partial charge in [0.1, 0.15) is 5.52 Å². The van der Waals surface area contributed by atoms with Crippen LogP contribution < -0.4 is 10.2 Å². The molecule has 2 atom stereocenters. The lowest BCUT2D eigenvalue weighted by Crippen LogP contribution is -2.35. The van der Waals surface area contributed by atoms with Crippen molar-refractivity contribution in [1.82, 2.24) is 20.3 Å². The Morgan fingerprint density at radius 1 is 1.40 bits per heavy atom. The van der Waals surface area contributed by atoms with Crippen molar-refractivity contribution in [3.63, 3.8) is 0 Å². The number of rotatable bonds is 7. The number of aromatic nitrogens is 3. The Balaban J connectivity index is 1.61. The van der Waals surface area contributed by atoms with Crippen LogP contribution in [0.3, 0.4) is 0 Å². The number of hydrogen-bond acceptors (Lipinski definition) is 6. The maximum atomic E-state index is 12.7. The van der Waals surface area contributed by atoms with Crippen LogP contribution in [-0.2, 0) is 9.47 Å². The van der Waals surface area contributed by atoms with E-state index in [-0.39, 0.29) is 18.1 Å². The standard InChI is InChI=1S/C22H27N5O3/c1-14(13-29-2)25-22(28)18-10-23-21-20(18)26-19(11-24-21)15-5-4-6-16(9-15)27-8-7-17(12-27)30-3/h4-6,9-11,14,17H,7-8,12-13H2,1-3H3,(H,23,24)(H,25,28)/t14?,17-/m0/s1. The third-order valence-electron chi connectivity index (χ3n) is 5.41. The van der Waals surface area contributed by atoms with Crippen molar-refractivity contribution in [3.8, 4) is 11.3 Å². The summed E-state index contributed by atoms with van der Waals surface area (Å²) in [5, 5.41) is 2.92. The van der Waals surface area contributed by atoms with Crippen LogP contribution in [0.15, 0.2) is 36.7 Å². The minimum atomic E-state index is -0.200. The first-order valence-electron chi connectivity index (χ1n) is 10.1. The van der Waals surface area contributed by atoms with Crippen LogP contribution in [0, 0.1) is 0 Å². The maximum Gasteiger partial charge on any atom is 0.255 e. The van der Waals surface area contributed by atoms with Gasteiger partial charge in [-0.25, -0.2) is 9.97 Å². The molecule has 0 bridgehead atoms. The number of amides is 1. The number of H-pyrrole nitrogens is 1. The van der Waals surface area contributed by atoms with Crippen LogP contribution in [0.25, 0.3) is 22.4 Å². The Morgan fingerprint density at radius 2 is 2.27 bits per heavy atom. The summed E-state index contributed by atoms with van der Waals surface area (Å²) in [6.07, 6.45) is 4.67. The zero-order valence-electron chi connectivity index (χ0n) is 17.5. The van der Waals surface area contributed by atoms with E-state index in [4.69, 9.17) is 14.5 Å². The molecule has 0 spiro atoms. The molecule has 1 unspecified atom stereocenters. The average molecular weight is 409 g/mol. The van der Waals surface area contributed by atoms with Crippen LogP contribution in [0.1, 0.15) is 23.7 Å². The zero-order valence-corrected chi connectivity index (χ0v) is 17.5. The molecule has 4 rings (SSSR count). The van der Waals surface area contributed by atoms with Crippen LogP contribution in [0.4, 0.5) is 5.69 Å². The Hall–Kier alpha value is -2.97. The molecule has 30 heavy (non-hydrogen) atoms. The highest BCUT2D eigenvalue weighted by Crippen LogP contribution is 2.27. The van der Waals surface area contributed by atoms with Gasteiger partial charge in [0.05, 0.1) is 30.2 Å². The van der Waals surface area contributed by atoms with Gasteiger partial charge in [0.25, 0.3) is 5.91 Å². The Labute approximate surface area is 175 Å². The van der Waals surface area contributed by atoms with Gasteiger partial charge in [0.15, 0.2) is 5.65 Å². The lowest BCUT2D eigenvalue weighted by Gasteiger charge is -2.19. The van der Waals surface area contributed by atoms with E-state index in [1.54, 1.807) is 26.6 Å². The van der Waals surface area contributed by atoms with Crippen molar-refractivity contribution in [3.05, 3.63) is 42.2 Å². The number of aromatic amines is 1. The van der Waals surface area contributed by atoms with Crippen molar-refractivity contribution in [2.45, 2.75) is 25.5 Å². The van der Waals surface area contributed by atoms with E-state index in [1.165, 1.54) is 0 Å². The predicted octanol–water partition coefficient (Wildman–Crippen LogP) is 2.61. The van der Waals surface area contributed by atoms with Gasteiger partial charge in [-0.3, -0.25) is 4.79 Å². The van der Waals surface area contributed by atoms with E-state index in [1.807, 2.05) is 19.1 Å². The fourth-order valence-electron chi connectivity index (χ4n) is 3.81. The van der Waals surface area contributed by atoms with Gasteiger partial charge in [0, 0.05) is 50.8 Å². The van der Waals surface area contributed by atoms with Crippen molar-refractivity contribution in [2.75, 3.05) is 38.8 Å². The molecule has 1 aliphatic heterocycles. The number of hydrogen-bond donors (Lipinski definition) is 2. The van der Waals surface area contributed by atoms with E-state index in [2.05, 4.69) is 32.3 Å². The Bertz CT molecular complexity index is 1030. The summed E-state index contributed by atoms with van der Waals surface area (Å²) in [7, 11) is 3.37. The third-order valence-corrected chi connectivity index (χ3v) is 5.41. The fraction of sp³-hybridized carbons (Fsp3) is 0.409. The van der Waals surface area contributed by atoms with Gasteiger partial charge in [-0.2, -0.15) is 0 Å². The molecule has 8 nitrogen and oxygen atoms in total. The highest BCUT2D eigenvalue weighted by Gasteiger charge is 2.23. The molecule has 1 aromatic carbocycles. The maximum absolute atomic E-state index is 12.7. The van der Waals surface area contributed by atoms with Crippen LogP contribution in [0.5, 0.6) is 0 Å². The van der Waals surface area contributed by atoms with Crippen LogP contribution in [0.2, 0.25) is 0 Å². The van der Waals surface area contributed by atoms with Gasteiger partial charge in [-0.15, -0.1) is 0 Å². The summed E-state index contributed by atoms with van der Waals surface area (Å²) >= 11 is 0. The molecule has 2 aromatic heterocycles. The van der Waals surface area contributed by atoms with E-state index < -0.39 is 0 Å². The molecule has 1 fully saturated rings. The van der Waals surface area contributed by atoms with E-state index in [0.717, 1.165) is 36.5 Å². The summed E-state index contributed by atoms with van der Waals surface area (Å²) in [4.78, 5) is 27.2. The molecule has 0 radical (unpaired) electrons. The highest BCUT2D eigenvalue weighted by atomic mass is 16.5. The second-order valence-corrected chi connectivity index (χ2v) is 7.63. The van der Waals surface area contributed by atoms with E-state index in [0.29, 0.717) is 23.3 Å². The number of carbonyl (C=O) groups is 1. The first kappa shape index (κ1) is 20.3. The first-order valence-corrected chi connectivity index (χ1v) is 10.1. The normalized spacial score (nSPS) is 17.4. The topological polar surface area (TPSA) is 92.4 Å². The zero-order chi connectivity index (χ0) is 21.1. The summed E-state index contributed by atoms with van der Waals surface area (Å²) < 4.78 is 10.6. The molecule has 1 amide bonds. The van der Waals surface area contributed by atoms with Crippen LogP contribution >= 0.6 is 0 Å². The molecule has 0 aliphatic carbocycles. The first-order chi connectivity index (χ1) is 14.6. The molecular formula is C22H27N5O3. The minimum Gasteiger partial charge on any atom is -0.383 e. The average Bonchev–Trinajstić information content (AvgIpc) is 3.40. The third kappa shape index (κ3) is 4.15. The molecule has 3 aromatic rings.